The molecule has 2 atom stereocenters. The Balaban J connectivity index is 2.70. The van der Waals surface area contributed by atoms with E-state index in [0.717, 1.165) is 6.07 Å². The Morgan fingerprint density at radius 3 is 2.71 bits per heavy atom. The van der Waals surface area contributed by atoms with Gasteiger partial charge < -0.3 is 10.5 Å². The van der Waals surface area contributed by atoms with E-state index in [9.17, 15) is 17.6 Å². The van der Waals surface area contributed by atoms with Crippen molar-refractivity contribution in [1.82, 2.24) is 0 Å². The van der Waals surface area contributed by atoms with E-state index in [2.05, 4.69) is 20.9 Å². The molecule has 1 aliphatic rings. The van der Waals surface area contributed by atoms with Crippen LogP contribution in [0.25, 0.3) is 0 Å². The third-order valence-corrected chi connectivity index (χ3v) is 3.90. The van der Waals surface area contributed by atoms with Gasteiger partial charge in [-0.15, -0.1) is 0 Å². The second-order valence-corrected chi connectivity index (χ2v) is 5.65. The minimum Gasteiger partial charge on any atom is -0.386 e. The first-order valence-corrected chi connectivity index (χ1v) is 6.98. The number of rotatable bonds is 2. The number of halogens is 5. The van der Waals surface area contributed by atoms with Gasteiger partial charge in [0.1, 0.15) is 23.8 Å². The zero-order valence-electron chi connectivity index (χ0n) is 11.0. The van der Waals surface area contributed by atoms with Gasteiger partial charge in [-0.1, -0.05) is 22.9 Å². The van der Waals surface area contributed by atoms with Gasteiger partial charge in [0.25, 0.3) is 0 Å². The first-order chi connectivity index (χ1) is 9.70. The van der Waals surface area contributed by atoms with Crippen LogP contribution in [0.2, 0.25) is 0 Å². The number of aliphatic imine (C=N–C) groups is 1. The SMILES string of the molecule is CC[C@]1(c2cc(Br)ccc2F)N=C(N)CO[C@H]1C(F)(F)F. The molecule has 3 nitrogen and oxygen atoms in total. The highest BCUT2D eigenvalue weighted by Crippen LogP contribution is 2.45. The van der Waals surface area contributed by atoms with Crippen LogP contribution in [0.15, 0.2) is 27.7 Å². The summed E-state index contributed by atoms with van der Waals surface area (Å²) in [5.74, 6) is -0.868. The van der Waals surface area contributed by atoms with Crippen LogP contribution in [0.3, 0.4) is 0 Å². The Hall–Kier alpha value is -1.15. The van der Waals surface area contributed by atoms with Crippen LogP contribution >= 0.6 is 15.9 Å². The Bertz CT molecular complexity index is 576. The van der Waals surface area contributed by atoms with Crippen LogP contribution in [0.4, 0.5) is 17.6 Å². The lowest BCUT2D eigenvalue weighted by molar-refractivity contribution is -0.241. The monoisotopic (exact) mass is 368 g/mol. The van der Waals surface area contributed by atoms with Crippen molar-refractivity contribution in [2.24, 2.45) is 10.7 Å². The van der Waals surface area contributed by atoms with Gasteiger partial charge in [-0.2, -0.15) is 13.2 Å². The molecule has 0 unspecified atom stereocenters. The number of nitrogens with zero attached hydrogens (tertiary/aromatic N) is 1. The highest BCUT2D eigenvalue weighted by molar-refractivity contribution is 9.10. The predicted molar refractivity (Wildman–Crippen MR) is 73.5 cm³/mol. The van der Waals surface area contributed by atoms with E-state index in [1.165, 1.54) is 19.1 Å². The van der Waals surface area contributed by atoms with Crippen LogP contribution in [0.1, 0.15) is 18.9 Å². The molecule has 21 heavy (non-hydrogen) atoms. The molecule has 1 aromatic rings. The zero-order valence-corrected chi connectivity index (χ0v) is 12.6. The Kier molecular flexibility index (Phi) is 4.30. The minimum atomic E-state index is -4.69. The standard InChI is InChI=1S/C13H13BrF4N2O/c1-2-12(8-5-7(14)3-4-9(8)15)11(13(16,17)18)21-6-10(19)20-12/h3-5,11H,2,6H2,1H3,(H2,19,20)/t11-,12-/m1/s1. The Labute approximate surface area is 127 Å². The predicted octanol–water partition coefficient (Wildman–Crippen LogP) is 3.51. The van der Waals surface area contributed by atoms with E-state index in [-0.39, 0.29) is 17.8 Å². The molecule has 0 saturated carbocycles. The van der Waals surface area contributed by atoms with Gasteiger partial charge >= 0.3 is 6.18 Å². The molecule has 0 bridgehead atoms. The summed E-state index contributed by atoms with van der Waals surface area (Å²) in [5, 5.41) is 0. The zero-order chi connectivity index (χ0) is 15.8. The number of benzene rings is 1. The normalized spacial score (nSPS) is 26.6. The quantitative estimate of drug-likeness (QED) is 0.812. The molecule has 8 heteroatoms. The maximum atomic E-state index is 14.1. The summed E-state index contributed by atoms with van der Waals surface area (Å²) >= 11 is 3.13. The van der Waals surface area contributed by atoms with Crippen LogP contribution < -0.4 is 5.73 Å². The number of hydrogen-bond donors (Lipinski definition) is 1. The van der Waals surface area contributed by atoms with Crippen molar-refractivity contribution in [3.63, 3.8) is 0 Å². The summed E-state index contributed by atoms with van der Waals surface area (Å²) in [7, 11) is 0. The lowest BCUT2D eigenvalue weighted by Crippen LogP contribution is -2.54. The van der Waals surface area contributed by atoms with Gasteiger partial charge in [0.05, 0.1) is 0 Å². The minimum absolute atomic E-state index is 0.0864. The summed E-state index contributed by atoms with van der Waals surface area (Å²) in [6.45, 7) is 1.06. The molecule has 0 aromatic heterocycles. The van der Waals surface area contributed by atoms with Crippen molar-refractivity contribution < 1.29 is 22.3 Å². The highest BCUT2D eigenvalue weighted by atomic mass is 79.9. The molecule has 0 spiro atoms. The average molecular weight is 369 g/mol. The van der Waals surface area contributed by atoms with Gasteiger partial charge in [-0.3, -0.25) is 4.99 Å². The van der Waals surface area contributed by atoms with Gasteiger partial charge in [0, 0.05) is 10.0 Å². The molecule has 1 aromatic carbocycles. The first kappa shape index (κ1) is 16.2. The summed E-state index contributed by atoms with van der Waals surface area (Å²) < 4.78 is 59.3. The molecule has 2 rings (SSSR count). The maximum absolute atomic E-state index is 14.1. The van der Waals surface area contributed by atoms with Gasteiger partial charge in [0.2, 0.25) is 0 Å². The molecular formula is C13H13BrF4N2O. The lowest BCUT2D eigenvalue weighted by atomic mass is 9.81. The number of alkyl halides is 3. The van der Waals surface area contributed by atoms with Crippen molar-refractivity contribution >= 4 is 21.8 Å². The van der Waals surface area contributed by atoms with Crippen molar-refractivity contribution in [1.29, 1.82) is 0 Å². The summed E-state index contributed by atoms with van der Waals surface area (Å²) in [4.78, 5) is 3.94. The second kappa shape index (κ2) is 5.57. The third-order valence-electron chi connectivity index (χ3n) is 3.41. The molecule has 0 radical (unpaired) electrons. The molecular weight excluding hydrogens is 356 g/mol. The van der Waals surface area contributed by atoms with Crippen molar-refractivity contribution in [3.8, 4) is 0 Å². The topological polar surface area (TPSA) is 47.6 Å². The third kappa shape index (κ3) is 2.91. The summed E-state index contributed by atoms with van der Waals surface area (Å²) in [6, 6.07) is 3.77. The summed E-state index contributed by atoms with van der Waals surface area (Å²) in [5.41, 5.74) is 3.43. The molecule has 2 N–H and O–H groups in total. The van der Waals surface area contributed by atoms with Crippen LogP contribution in [-0.2, 0) is 10.3 Å². The van der Waals surface area contributed by atoms with E-state index in [0.29, 0.717) is 4.47 Å². The lowest BCUT2D eigenvalue weighted by Gasteiger charge is -2.41. The molecule has 0 aliphatic carbocycles. The second-order valence-electron chi connectivity index (χ2n) is 4.74. The summed E-state index contributed by atoms with van der Waals surface area (Å²) in [6.07, 6.45) is -7.04. The van der Waals surface area contributed by atoms with E-state index in [1.807, 2.05) is 0 Å². The van der Waals surface area contributed by atoms with Gasteiger partial charge in [-0.05, 0) is 24.6 Å². The highest BCUT2D eigenvalue weighted by Gasteiger charge is 2.57. The molecule has 116 valence electrons. The molecule has 1 heterocycles. The Morgan fingerprint density at radius 1 is 1.48 bits per heavy atom. The number of nitrogens with two attached hydrogens (primary N) is 1. The van der Waals surface area contributed by atoms with E-state index in [4.69, 9.17) is 10.5 Å². The van der Waals surface area contributed by atoms with Crippen LogP contribution in [0, 0.1) is 5.82 Å². The van der Waals surface area contributed by atoms with E-state index < -0.39 is 30.2 Å². The number of ether oxygens (including phenoxy) is 1. The molecule has 0 amide bonds. The molecule has 0 saturated heterocycles. The fourth-order valence-corrected chi connectivity index (χ4v) is 2.87. The van der Waals surface area contributed by atoms with Gasteiger partial charge in [0.15, 0.2) is 6.10 Å². The van der Waals surface area contributed by atoms with Crippen LogP contribution in [0.5, 0.6) is 0 Å². The van der Waals surface area contributed by atoms with E-state index in [1.54, 1.807) is 0 Å². The fourth-order valence-electron chi connectivity index (χ4n) is 2.50. The van der Waals surface area contributed by atoms with Gasteiger partial charge in [-0.25, -0.2) is 4.39 Å². The average Bonchev–Trinajstić information content (AvgIpc) is 2.39. The number of hydrogen-bond acceptors (Lipinski definition) is 3. The number of amidine groups is 1. The van der Waals surface area contributed by atoms with Crippen molar-refractivity contribution in [3.05, 3.63) is 34.1 Å². The largest absolute Gasteiger partial charge is 0.417 e. The Morgan fingerprint density at radius 2 is 2.14 bits per heavy atom. The van der Waals surface area contributed by atoms with Crippen LogP contribution in [-0.4, -0.2) is 24.7 Å². The van der Waals surface area contributed by atoms with Crippen molar-refractivity contribution in [2.75, 3.05) is 6.61 Å². The fraction of sp³-hybridized carbons (Fsp3) is 0.462. The van der Waals surface area contributed by atoms with E-state index >= 15 is 0 Å². The molecule has 0 fully saturated rings. The maximum Gasteiger partial charge on any atom is 0.417 e. The molecule has 1 aliphatic heterocycles. The smallest absolute Gasteiger partial charge is 0.386 e. The first-order valence-electron chi connectivity index (χ1n) is 6.18. The van der Waals surface area contributed by atoms with Crippen molar-refractivity contribution in [2.45, 2.75) is 31.2 Å².